The largest absolute Gasteiger partial charge is 0.388 e. The van der Waals surface area contributed by atoms with E-state index in [1.54, 1.807) is 6.92 Å². The standard InChI is InChI=1S/C15H22ClN3O2/c1-3-11-4-6-15(21,7-5-11)9-17-14-12(8-20)13(16)18-10(2)19-14/h8,11,21H,3-7,9H2,1-2H3,(H,17,18,19). The molecule has 0 unspecified atom stereocenters. The number of hydrogen-bond donors (Lipinski definition) is 2. The molecule has 116 valence electrons. The molecular weight excluding hydrogens is 290 g/mol. The number of aryl methyl sites for hydroxylation is 1. The lowest BCUT2D eigenvalue weighted by Crippen LogP contribution is -2.40. The number of anilines is 1. The number of rotatable bonds is 5. The highest BCUT2D eigenvalue weighted by atomic mass is 35.5. The van der Waals surface area contributed by atoms with E-state index in [9.17, 15) is 9.90 Å². The van der Waals surface area contributed by atoms with Crippen molar-refractivity contribution in [1.82, 2.24) is 9.97 Å². The molecule has 0 spiro atoms. The summed E-state index contributed by atoms with van der Waals surface area (Å²) in [5, 5.41) is 13.8. The van der Waals surface area contributed by atoms with Crippen LogP contribution < -0.4 is 5.32 Å². The average molecular weight is 312 g/mol. The monoisotopic (exact) mass is 311 g/mol. The van der Waals surface area contributed by atoms with E-state index in [0.29, 0.717) is 30.4 Å². The predicted octanol–water partition coefficient (Wildman–Crippen LogP) is 2.99. The van der Waals surface area contributed by atoms with Crippen LogP contribution in [-0.2, 0) is 0 Å². The minimum absolute atomic E-state index is 0.140. The van der Waals surface area contributed by atoms with Crippen molar-refractivity contribution in [1.29, 1.82) is 0 Å². The van der Waals surface area contributed by atoms with Gasteiger partial charge in [-0.05, 0) is 38.5 Å². The van der Waals surface area contributed by atoms with Crippen LogP contribution in [0, 0.1) is 12.8 Å². The Bertz CT molecular complexity index is 514. The van der Waals surface area contributed by atoms with Gasteiger partial charge in [-0.3, -0.25) is 4.79 Å². The number of carbonyl (C=O) groups is 1. The van der Waals surface area contributed by atoms with Gasteiger partial charge in [0.2, 0.25) is 0 Å². The van der Waals surface area contributed by atoms with E-state index >= 15 is 0 Å². The maximum absolute atomic E-state index is 11.1. The number of halogens is 1. The number of aromatic nitrogens is 2. The maximum atomic E-state index is 11.1. The van der Waals surface area contributed by atoms with E-state index in [2.05, 4.69) is 22.2 Å². The molecule has 2 rings (SSSR count). The van der Waals surface area contributed by atoms with Crippen molar-refractivity contribution in [3.63, 3.8) is 0 Å². The van der Waals surface area contributed by atoms with Gasteiger partial charge in [0, 0.05) is 6.54 Å². The molecule has 0 atom stereocenters. The maximum Gasteiger partial charge on any atom is 0.156 e. The third-order valence-electron chi connectivity index (χ3n) is 4.33. The van der Waals surface area contributed by atoms with Crippen molar-refractivity contribution in [3.05, 3.63) is 16.5 Å². The lowest BCUT2D eigenvalue weighted by Gasteiger charge is -2.36. The lowest BCUT2D eigenvalue weighted by molar-refractivity contribution is 0.00221. The van der Waals surface area contributed by atoms with Gasteiger partial charge in [0.1, 0.15) is 16.8 Å². The number of nitrogens with zero attached hydrogens (tertiary/aromatic N) is 2. The predicted molar refractivity (Wildman–Crippen MR) is 82.9 cm³/mol. The van der Waals surface area contributed by atoms with Gasteiger partial charge in [-0.2, -0.15) is 0 Å². The summed E-state index contributed by atoms with van der Waals surface area (Å²) in [6, 6.07) is 0. The summed E-state index contributed by atoms with van der Waals surface area (Å²) in [6.07, 6.45) is 5.43. The van der Waals surface area contributed by atoms with Crippen LogP contribution in [0.2, 0.25) is 5.15 Å². The molecule has 1 saturated carbocycles. The molecule has 1 aromatic heterocycles. The highest BCUT2D eigenvalue weighted by Gasteiger charge is 2.32. The molecule has 0 radical (unpaired) electrons. The highest BCUT2D eigenvalue weighted by Crippen LogP contribution is 2.34. The average Bonchev–Trinajstić information content (AvgIpc) is 2.46. The molecule has 21 heavy (non-hydrogen) atoms. The zero-order chi connectivity index (χ0) is 15.5. The molecule has 1 aliphatic carbocycles. The van der Waals surface area contributed by atoms with Crippen molar-refractivity contribution in [2.24, 2.45) is 5.92 Å². The van der Waals surface area contributed by atoms with Gasteiger partial charge in [-0.25, -0.2) is 9.97 Å². The van der Waals surface area contributed by atoms with Crippen molar-refractivity contribution < 1.29 is 9.90 Å². The smallest absolute Gasteiger partial charge is 0.156 e. The van der Waals surface area contributed by atoms with Gasteiger partial charge < -0.3 is 10.4 Å². The van der Waals surface area contributed by atoms with E-state index in [1.165, 1.54) is 6.42 Å². The Morgan fingerprint density at radius 3 is 2.67 bits per heavy atom. The lowest BCUT2D eigenvalue weighted by atomic mass is 9.78. The Morgan fingerprint density at radius 2 is 2.10 bits per heavy atom. The second-order valence-electron chi connectivity index (χ2n) is 5.87. The molecule has 1 fully saturated rings. The molecule has 1 aliphatic rings. The zero-order valence-electron chi connectivity index (χ0n) is 12.5. The number of aldehydes is 1. The third-order valence-corrected chi connectivity index (χ3v) is 4.62. The summed E-state index contributed by atoms with van der Waals surface area (Å²) < 4.78 is 0. The Labute approximate surface area is 130 Å². The van der Waals surface area contributed by atoms with Crippen LogP contribution in [-0.4, -0.2) is 33.5 Å². The second kappa shape index (κ2) is 6.71. The van der Waals surface area contributed by atoms with E-state index in [-0.39, 0.29) is 10.7 Å². The minimum atomic E-state index is -0.739. The van der Waals surface area contributed by atoms with Gasteiger partial charge in [0.05, 0.1) is 11.2 Å². The van der Waals surface area contributed by atoms with Gasteiger partial charge in [-0.1, -0.05) is 24.9 Å². The van der Waals surface area contributed by atoms with Crippen LogP contribution in [0.1, 0.15) is 55.2 Å². The molecule has 0 amide bonds. The first kappa shape index (κ1) is 16.2. The highest BCUT2D eigenvalue weighted by molar-refractivity contribution is 6.32. The van der Waals surface area contributed by atoms with Crippen molar-refractivity contribution >= 4 is 23.7 Å². The van der Waals surface area contributed by atoms with Crippen LogP contribution in [0.4, 0.5) is 5.82 Å². The normalized spacial score (nSPS) is 25.6. The molecule has 0 aliphatic heterocycles. The summed E-state index contributed by atoms with van der Waals surface area (Å²) in [7, 11) is 0. The molecule has 0 aromatic carbocycles. The number of aliphatic hydroxyl groups is 1. The van der Waals surface area contributed by atoms with E-state index in [0.717, 1.165) is 25.7 Å². The van der Waals surface area contributed by atoms with Gasteiger partial charge in [-0.15, -0.1) is 0 Å². The van der Waals surface area contributed by atoms with Gasteiger partial charge in [0.25, 0.3) is 0 Å². The van der Waals surface area contributed by atoms with E-state index in [4.69, 9.17) is 11.6 Å². The summed E-state index contributed by atoms with van der Waals surface area (Å²) in [5.41, 5.74) is -0.495. The fraction of sp³-hybridized carbons (Fsp3) is 0.667. The number of nitrogens with one attached hydrogen (secondary N) is 1. The molecule has 1 aromatic rings. The van der Waals surface area contributed by atoms with E-state index < -0.39 is 5.60 Å². The van der Waals surface area contributed by atoms with Crippen molar-refractivity contribution in [2.45, 2.75) is 51.6 Å². The van der Waals surface area contributed by atoms with Crippen molar-refractivity contribution in [2.75, 3.05) is 11.9 Å². The summed E-state index contributed by atoms with van der Waals surface area (Å²) in [5.74, 6) is 1.61. The molecule has 2 N–H and O–H groups in total. The Hall–Kier alpha value is -1.20. The first-order valence-electron chi connectivity index (χ1n) is 7.43. The molecular formula is C15H22ClN3O2. The fourth-order valence-electron chi connectivity index (χ4n) is 2.83. The molecule has 6 heteroatoms. The van der Waals surface area contributed by atoms with E-state index in [1.807, 2.05) is 0 Å². The summed E-state index contributed by atoms with van der Waals surface area (Å²) >= 11 is 5.94. The van der Waals surface area contributed by atoms with Crippen LogP contribution in [0.25, 0.3) is 0 Å². The summed E-state index contributed by atoms with van der Waals surface area (Å²) in [4.78, 5) is 19.3. The number of hydrogen-bond acceptors (Lipinski definition) is 5. The van der Waals surface area contributed by atoms with Crippen molar-refractivity contribution in [3.8, 4) is 0 Å². The quantitative estimate of drug-likeness (QED) is 0.646. The number of carbonyl (C=O) groups excluding carboxylic acids is 1. The fourth-order valence-corrected chi connectivity index (χ4v) is 3.09. The molecule has 1 heterocycles. The topological polar surface area (TPSA) is 75.1 Å². The van der Waals surface area contributed by atoms with Crippen LogP contribution in [0.15, 0.2) is 0 Å². The second-order valence-corrected chi connectivity index (χ2v) is 6.23. The van der Waals surface area contributed by atoms with Crippen LogP contribution in [0.3, 0.4) is 0 Å². The summed E-state index contributed by atoms with van der Waals surface area (Å²) in [6.45, 7) is 4.28. The SMILES string of the molecule is CCC1CCC(O)(CNc2nc(C)nc(Cl)c2C=O)CC1. The Balaban J connectivity index is 2.05. The Kier molecular flexibility index (Phi) is 5.17. The molecule has 0 bridgehead atoms. The minimum Gasteiger partial charge on any atom is -0.388 e. The zero-order valence-corrected chi connectivity index (χ0v) is 13.3. The van der Waals surface area contributed by atoms with Crippen LogP contribution >= 0.6 is 11.6 Å². The Morgan fingerprint density at radius 1 is 1.43 bits per heavy atom. The van der Waals surface area contributed by atoms with Crippen LogP contribution in [0.5, 0.6) is 0 Å². The van der Waals surface area contributed by atoms with Gasteiger partial charge in [0.15, 0.2) is 6.29 Å². The third kappa shape index (κ3) is 3.92. The molecule has 5 nitrogen and oxygen atoms in total. The van der Waals surface area contributed by atoms with Gasteiger partial charge >= 0.3 is 0 Å². The molecule has 0 saturated heterocycles. The first-order chi connectivity index (χ1) is 9.97. The first-order valence-corrected chi connectivity index (χ1v) is 7.81.